The van der Waals surface area contributed by atoms with E-state index >= 15 is 0 Å². The first-order chi connectivity index (χ1) is 15.9. The van der Waals surface area contributed by atoms with Gasteiger partial charge in [0.25, 0.3) is 0 Å². The summed E-state index contributed by atoms with van der Waals surface area (Å²) >= 11 is 0. The van der Waals surface area contributed by atoms with Gasteiger partial charge in [0, 0.05) is 37.3 Å². The van der Waals surface area contributed by atoms with Crippen LogP contribution in [0.4, 0.5) is 16.4 Å². The van der Waals surface area contributed by atoms with Gasteiger partial charge >= 0.3 is 6.09 Å². The highest BCUT2D eigenvalue weighted by molar-refractivity contribution is 5.94. The summed E-state index contributed by atoms with van der Waals surface area (Å²) in [6.45, 7) is 14.0. The zero-order chi connectivity index (χ0) is 24.9. The summed E-state index contributed by atoms with van der Waals surface area (Å²) in [7, 11) is 0. The Bertz CT molecular complexity index is 970. The van der Waals surface area contributed by atoms with Crippen molar-refractivity contribution in [1.29, 1.82) is 0 Å². The lowest BCUT2D eigenvalue weighted by Gasteiger charge is -2.35. The van der Waals surface area contributed by atoms with Crippen LogP contribution in [0.3, 0.4) is 0 Å². The van der Waals surface area contributed by atoms with Crippen molar-refractivity contribution in [3.63, 3.8) is 0 Å². The van der Waals surface area contributed by atoms with Crippen LogP contribution in [-0.4, -0.2) is 58.6 Å². The highest BCUT2D eigenvalue weighted by Crippen LogP contribution is 2.20. The predicted molar refractivity (Wildman–Crippen MR) is 131 cm³/mol. The van der Waals surface area contributed by atoms with Crippen molar-refractivity contribution in [2.24, 2.45) is 5.41 Å². The molecule has 0 spiro atoms. The van der Waals surface area contributed by atoms with Gasteiger partial charge in [-0.25, -0.2) is 14.8 Å². The van der Waals surface area contributed by atoms with Crippen LogP contribution >= 0.6 is 0 Å². The molecule has 1 aliphatic heterocycles. The third-order valence-electron chi connectivity index (χ3n) is 5.13. The van der Waals surface area contributed by atoms with E-state index in [2.05, 4.69) is 15.3 Å². The molecule has 3 rings (SSSR count). The van der Waals surface area contributed by atoms with Gasteiger partial charge in [-0.05, 0) is 38.5 Å². The van der Waals surface area contributed by atoms with E-state index in [1.165, 1.54) is 0 Å². The summed E-state index contributed by atoms with van der Waals surface area (Å²) in [5.74, 6) is 1.15. The summed E-state index contributed by atoms with van der Waals surface area (Å²) in [6, 6.07) is 7.55. The average molecular weight is 470 g/mol. The van der Waals surface area contributed by atoms with Crippen LogP contribution in [-0.2, 0) is 16.1 Å². The Hall–Kier alpha value is -3.36. The van der Waals surface area contributed by atoms with E-state index in [-0.39, 0.29) is 12.0 Å². The minimum atomic E-state index is -0.503. The Balaban J connectivity index is 1.46. The number of nitrogens with zero attached hydrogens (tertiary/aromatic N) is 4. The second-order valence-corrected chi connectivity index (χ2v) is 10.4. The van der Waals surface area contributed by atoms with Crippen molar-refractivity contribution >= 4 is 23.6 Å². The molecule has 2 amide bonds. The number of rotatable bonds is 5. The smallest absolute Gasteiger partial charge is 0.410 e. The van der Waals surface area contributed by atoms with E-state index in [1.54, 1.807) is 17.3 Å². The SMILES string of the molecule is CC(C)(C)OC(=O)N1CCN(c2ncc(OCc3ccc(NC(=O)C(C)(C)C)cc3)cn2)CC1. The third-order valence-corrected chi connectivity index (χ3v) is 5.13. The molecule has 0 radical (unpaired) electrons. The molecule has 9 nitrogen and oxygen atoms in total. The maximum Gasteiger partial charge on any atom is 0.410 e. The molecule has 0 bridgehead atoms. The van der Waals surface area contributed by atoms with Gasteiger partial charge in [-0.3, -0.25) is 4.79 Å². The molecule has 1 saturated heterocycles. The van der Waals surface area contributed by atoms with E-state index in [9.17, 15) is 9.59 Å². The largest absolute Gasteiger partial charge is 0.486 e. The number of ether oxygens (including phenoxy) is 2. The first-order valence-electron chi connectivity index (χ1n) is 11.5. The summed E-state index contributed by atoms with van der Waals surface area (Å²) in [6.07, 6.45) is 3.02. The second-order valence-electron chi connectivity index (χ2n) is 10.4. The Morgan fingerprint density at radius 2 is 1.53 bits per heavy atom. The molecule has 34 heavy (non-hydrogen) atoms. The van der Waals surface area contributed by atoms with Gasteiger partial charge in [0.15, 0.2) is 5.75 Å². The van der Waals surface area contributed by atoms with Crippen molar-refractivity contribution in [1.82, 2.24) is 14.9 Å². The monoisotopic (exact) mass is 469 g/mol. The van der Waals surface area contributed by atoms with Gasteiger partial charge in [-0.1, -0.05) is 32.9 Å². The zero-order valence-electron chi connectivity index (χ0n) is 20.9. The molecule has 2 heterocycles. The Morgan fingerprint density at radius 1 is 0.941 bits per heavy atom. The zero-order valence-corrected chi connectivity index (χ0v) is 20.9. The lowest BCUT2D eigenvalue weighted by molar-refractivity contribution is -0.123. The predicted octanol–water partition coefficient (Wildman–Crippen LogP) is 4.10. The number of piperazine rings is 1. The van der Waals surface area contributed by atoms with Gasteiger partial charge < -0.3 is 24.6 Å². The molecule has 1 aromatic carbocycles. The standard InChI is InChI=1S/C25H35N5O4/c1-24(2,3)21(31)28-19-9-7-18(8-10-19)17-33-20-15-26-22(27-16-20)29-11-13-30(14-12-29)23(32)34-25(4,5)6/h7-10,15-16H,11-14,17H2,1-6H3,(H,28,31). The van der Waals surface area contributed by atoms with Gasteiger partial charge in [-0.15, -0.1) is 0 Å². The number of amides is 2. The molecular weight excluding hydrogens is 434 g/mol. The lowest BCUT2D eigenvalue weighted by Crippen LogP contribution is -2.50. The van der Waals surface area contributed by atoms with Crippen molar-refractivity contribution in [3.8, 4) is 5.75 Å². The Morgan fingerprint density at radius 3 is 2.06 bits per heavy atom. The number of anilines is 2. The molecule has 0 atom stereocenters. The van der Waals surface area contributed by atoms with Crippen molar-refractivity contribution in [2.45, 2.75) is 53.8 Å². The van der Waals surface area contributed by atoms with Gasteiger partial charge in [0.1, 0.15) is 12.2 Å². The van der Waals surface area contributed by atoms with Crippen molar-refractivity contribution < 1.29 is 19.1 Å². The van der Waals surface area contributed by atoms with Crippen LogP contribution in [0.1, 0.15) is 47.1 Å². The fourth-order valence-corrected chi connectivity index (χ4v) is 3.13. The maximum atomic E-state index is 12.2. The highest BCUT2D eigenvalue weighted by atomic mass is 16.6. The van der Waals surface area contributed by atoms with E-state index in [1.807, 2.05) is 70.7 Å². The van der Waals surface area contributed by atoms with E-state index in [4.69, 9.17) is 9.47 Å². The molecule has 0 saturated carbocycles. The average Bonchev–Trinajstić information content (AvgIpc) is 2.77. The molecule has 1 fully saturated rings. The normalized spacial score (nSPS) is 14.5. The number of carbonyl (C=O) groups is 2. The summed E-state index contributed by atoms with van der Waals surface area (Å²) in [5, 5.41) is 2.91. The van der Waals surface area contributed by atoms with Crippen molar-refractivity contribution in [3.05, 3.63) is 42.2 Å². The van der Waals surface area contributed by atoms with E-state index < -0.39 is 11.0 Å². The minimum Gasteiger partial charge on any atom is -0.486 e. The molecule has 184 valence electrons. The molecule has 0 aliphatic carbocycles. The maximum absolute atomic E-state index is 12.2. The number of hydrogen-bond acceptors (Lipinski definition) is 7. The molecule has 2 aromatic rings. The Labute approximate surface area is 201 Å². The lowest BCUT2D eigenvalue weighted by atomic mass is 9.95. The molecular formula is C25H35N5O4. The quantitative estimate of drug-likeness (QED) is 0.704. The van der Waals surface area contributed by atoms with Gasteiger partial charge in [0.05, 0.1) is 12.4 Å². The molecule has 1 aromatic heterocycles. The number of benzene rings is 1. The van der Waals surface area contributed by atoms with Crippen LogP contribution < -0.4 is 15.0 Å². The fraction of sp³-hybridized carbons (Fsp3) is 0.520. The van der Waals surface area contributed by atoms with Crippen LogP contribution in [0.5, 0.6) is 5.75 Å². The topological polar surface area (TPSA) is 96.9 Å². The Kier molecular flexibility index (Phi) is 7.64. The van der Waals surface area contributed by atoms with Crippen LogP contribution in [0.25, 0.3) is 0 Å². The number of aromatic nitrogens is 2. The third kappa shape index (κ3) is 7.33. The van der Waals surface area contributed by atoms with Gasteiger partial charge in [0.2, 0.25) is 11.9 Å². The number of hydrogen-bond donors (Lipinski definition) is 1. The number of nitrogens with one attached hydrogen (secondary N) is 1. The van der Waals surface area contributed by atoms with Gasteiger partial charge in [-0.2, -0.15) is 0 Å². The van der Waals surface area contributed by atoms with Crippen LogP contribution in [0.2, 0.25) is 0 Å². The summed E-state index contributed by atoms with van der Waals surface area (Å²) in [5.41, 5.74) is 0.774. The molecule has 0 unspecified atom stereocenters. The van der Waals surface area contributed by atoms with Crippen molar-refractivity contribution in [2.75, 3.05) is 36.4 Å². The van der Waals surface area contributed by atoms with Crippen LogP contribution in [0.15, 0.2) is 36.7 Å². The fourth-order valence-electron chi connectivity index (χ4n) is 3.13. The summed E-state index contributed by atoms with van der Waals surface area (Å²) < 4.78 is 11.2. The first-order valence-corrected chi connectivity index (χ1v) is 11.5. The molecule has 1 aliphatic rings. The van der Waals surface area contributed by atoms with E-state index in [0.29, 0.717) is 44.5 Å². The van der Waals surface area contributed by atoms with E-state index in [0.717, 1.165) is 11.3 Å². The van der Waals surface area contributed by atoms with Crippen LogP contribution in [0, 0.1) is 5.41 Å². The molecule has 9 heteroatoms. The second kappa shape index (κ2) is 10.3. The highest BCUT2D eigenvalue weighted by Gasteiger charge is 2.26. The summed E-state index contributed by atoms with van der Waals surface area (Å²) in [4.78, 5) is 36.9. The molecule has 1 N–H and O–H groups in total. The first kappa shape index (κ1) is 25.3. The number of carbonyl (C=O) groups excluding carboxylic acids is 2. The minimum absolute atomic E-state index is 0.0278.